The lowest BCUT2D eigenvalue weighted by atomic mass is 9.95. The highest BCUT2D eigenvalue weighted by atomic mass is 16.5. The van der Waals surface area contributed by atoms with Crippen LogP contribution in [0.5, 0.6) is 5.75 Å². The largest absolute Gasteiger partial charge is 0.488 e. The average Bonchev–Trinajstić information content (AvgIpc) is 2.82. The van der Waals surface area contributed by atoms with E-state index in [0.29, 0.717) is 6.61 Å². The molecular weight excluding hydrogens is 384 g/mol. The Morgan fingerprint density at radius 2 is 1.39 bits per heavy atom. The van der Waals surface area contributed by atoms with Crippen LogP contribution in [0.15, 0.2) is 109 Å². The van der Waals surface area contributed by atoms with Crippen LogP contribution in [0.2, 0.25) is 0 Å². The lowest BCUT2D eigenvalue weighted by Gasteiger charge is -2.13. The Morgan fingerprint density at radius 1 is 0.742 bits per heavy atom. The summed E-state index contributed by atoms with van der Waals surface area (Å²) in [7, 11) is 0. The van der Waals surface area contributed by atoms with Gasteiger partial charge >= 0.3 is 5.97 Å². The van der Waals surface area contributed by atoms with Crippen LogP contribution in [0.25, 0.3) is 28.3 Å². The Labute approximate surface area is 181 Å². The second kappa shape index (κ2) is 9.59. The maximum absolute atomic E-state index is 11.0. The van der Waals surface area contributed by atoms with Crippen molar-refractivity contribution in [3.05, 3.63) is 120 Å². The molecule has 0 fully saturated rings. The average molecular weight is 406 g/mol. The fraction of sp³-hybridized carbons (Fsp3) is 0.0357. The van der Waals surface area contributed by atoms with Crippen molar-refractivity contribution in [1.29, 1.82) is 0 Å². The van der Waals surface area contributed by atoms with E-state index in [4.69, 9.17) is 9.84 Å². The van der Waals surface area contributed by atoms with Gasteiger partial charge in [0, 0.05) is 11.6 Å². The van der Waals surface area contributed by atoms with Gasteiger partial charge in [-0.25, -0.2) is 4.79 Å². The first-order valence-electron chi connectivity index (χ1n) is 10.1. The normalized spacial score (nSPS) is 10.8. The van der Waals surface area contributed by atoms with Gasteiger partial charge in [0.25, 0.3) is 0 Å². The third-order valence-electron chi connectivity index (χ3n) is 4.98. The third kappa shape index (κ3) is 5.09. The molecule has 152 valence electrons. The van der Waals surface area contributed by atoms with Crippen molar-refractivity contribution in [2.24, 2.45) is 0 Å². The molecule has 0 amide bonds. The van der Waals surface area contributed by atoms with E-state index in [2.05, 4.69) is 18.2 Å². The zero-order valence-electron chi connectivity index (χ0n) is 16.9. The quantitative estimate of drug-likeness (QED) is 0.348. The molecule has 4 aromatic rings. The number of carbonyl (C=O) groups is 1. The molecule has 0 saturated carbocycles. The molecule has 0 saturated heterocycles. The minimum atomic E-state index is -0.965. The first-order valence-corrected chi connectivity index (χ1v) is 10.1. The van der Waals surface area contributed by atoms with Crippen LogP contribution in [0.1, 0.15) is 11.1 Å². The topological polar surface area (TPSA) is 46.5 Å². The van der Waals surface area contributed by atoms with Gasteiger partial charge in [0.05, 0.1) is 0 Å². The van der Waals surface area contributed by atoms with Gasteiger partial charge in [0.15, 0.2) is 0 Å². The SMILES string of the molecule is O=C(O)/C=C\c1ccccc1-c1cccc(-c2ccccc2OCc2ccccc2)c1. The Kier molecular flexibility index (Phi) is 6.24. The van der Waals surface area contributed by atoms with Crippen LogP contribution >= 0.6 is 0 Å². The number of para-hydroxylation sites is 1. The van der Waals surface area contributed by atoms with E-state index >= 15 is 0 Å². The van der Waals surface area contributed by atoms with Crippen molar-refractivity contribution in [3.8, 4) is 28.0 Å². The van der Waals surface area contributed by atoms with E-state index in [0.717, 1.165) is 45.2 Å². The maximum Gasteiger partial charge on any atom is 0.328 e. The van der Waals surface area contributed by atoms with Gasteiger partial charge in [-0.2, -0.15) is 0 Å². The van der Waals surface area contributed by atoms with Crippen LogP contribution in [0.4, 0.5) is 0 Å². The van der Waals surface area contributed by atoms with Gasteiger partial charge in [-0.1, -0.05) is 91.0 Å². The molecule has 31 heavy (non-hydrogen) atoms. The first-order chi connectivity index (χ1) is 15.2. The van der Waals surface area contributed by atoms with Gasteiger partial charge in [-0.05, 0) is 46.0 Å². The number of hydrogen-bond donors (Lipinski definition) is 1. The summed E-state index contributed by atoms with van der Waals surface area (Å²) >= 11 is 0. The second-order valence-electron chi connectivity index (χ2n) is 7.11. The molecular formula is C28H22O3. The molecule has 0 aromatic heterocycles. The Hall–Kier alpha value is -4.11. The van der Waals surface area contributed by atoms with Crippen LogP contribution in [0, 0.1) is 0 Å². The van der Waals surface area contributed by atoms with E-state index in [1.807, 2.05) is 84.9 Å². The number of rotatable bonds is 7. The Morgan fingerprint density at radius 3 is 2.16 bits per heavy atom. The van der Waals surface area contributed by atoms with E-state index in [1.54, 1.807) is 6.08 Å². The number of carboxylic acids is 1. The second-order valence-corrected chi connectivity index (χ2v) is 7.11. The van der Waals surface area contributed by atoms with Gasteiger partial charge in [-0.3, -0.25) is 0 Å². The molecule has 0 aliphatic rings. The van der Waals surface area contributed by atoms with Crippen molar-refractivity contribution in [3.63, 3.8) is 0 Å². The minimum Gasteiger partial charge on any atom is -0.488 e. The van der Waals surface area contributed by atoms with Gasteiger partial charge < -0.3 is 9.84 Å². The highest BCUT2D eigenvalue weighted by Crippen LogP contribution is 2.34. The number of carboxylic acid groups (broad SMARTS) is 1. The maximum atomic E-state index is 11.0. The summed E-state index contributed by atoms with van der Waals surface area (Å²) in [6.45, 7) is 0.500. The molecule has 0 unspecified atom stereocenters. The van der Waals surface area contributed by atoms with E-state index < -0.39 is 5.97 Å². The Balaban J connectivity index is 1.67. The monoisotopic (exact) mass is 406 g/mol. The first kappa shape index (κ1) is 20.2. The molecule has 4 rings (SSSR count). The fourth-order valence-electron chi connectivity index (χ4n) is 3.49. The predicted molar refractivity (Wildman–Crippen MR) is 125 cm³/mol. The van der Waals surface area contributed by atoms with E-state index in [1.165, 1.54) is 0 Å². The molecule has 0 atom stereocenters. The van der Waals surface area contributed by atoms with Crippen LogP contribution in [-0.2, 0) is 11.4 Å². The zero-order valence-corrected chi connectivity index (χ0v) is 16.9. The summed E-state index contributed by atoms with van der Waals surface area (Å²) < 4.78 is 6.14. The van der Waals surface area contributed by atoms with E-state index in [9.17, 15) is 4.79 Å². The molecule has 0 radical (unpaired) electrons. The predicted octanol–water partition coefficient (Wildman–Crippen LogP) is 6.70. The van der Waals surface area contributed by atoms with Crippen molar-refractivity contribution < 1.29 is 14.6 Å². The summed E-state index contributed by atoms with van der Waals surface area (Å²) in [5.74, 6) is -0.143. The summed E-state index contributed by atoms with van der Waals surface area (Å²) in [5.41, 5.74) is 6.02. The smallest absolute Gasteiger partial charge is 0.328 e. The number of hydrogen-bond acceptors (Lipinski definition) is 2. The van der Waals surface area contributed by atoms with Crippen LogP contribution in [-0.4, -0.2) is 11.1 Å². The molecule has 0 aliphatic heterocycles. The molecule has 0 bridgehead atoms. The molecule has 0 aliphatic carbocycles. The van der Waals surface area contributed by atoms with E-state index in [-0.39, 0.29) is 0 Å². The van der Waals surface area contributed by atoms with Crippen LogP contribution in [0.3, 0.4) is 0 Å². The van der Waals surface area contributed by atoms with Crippen molar-refractivity contribution in [1.82, 2.24) is 0 Å². The highest BCUT2D eigenvalue weighted by Gasteiger charge is 2.09. The van der Waals surface area contributed by atoms with Gasteiger partial charge in [0.2, 0.25) is 0 Å². The summed E-state index contributed by atoms with van der Waals surface area (Å²) in [5, 5.41) is 8.99. The standard InChI is InChI=1S/C28H22O3/c29-28(30)18-17-22-11-4-5-14-25(22)23-12-8-13-24(19-23)26-15-6-7-16-27(26)31-20-21-9-2-1-3-10-21/h1-19H,20H2,(H,29,30)/b18-17-. The molecule has 3 nitrogen and oxygen atoms in total. The number of aliphatic carboxylic acids is 1. The van der Waals surface area contributed by atoms with Gasteiger partial charge in [-0.15, -0.1) is 0 Å². The van der Waals surface area contributed by atoms with Crippen molar-refractivity contribution >= 4 is 12.0 Å². The number of benzene rings is 4. The molecule has 0 heterocycles. The minimum absolute atomic E-state index is 0.500. The number of ether oxygens (including phenoxy) is 1. The van der Waals surface area contributed by atoms with Crippen LogP contribution < -0.4 is 4.74 Å². The van der Waals surface area contributed by atoms with Crippen molar-refractivity contribution in [2.45, 2.75) is 6.61 Å². The lowest BCUT2D eigenvalue weighted by Crippen LogP contribution is -1.96. The molecule has 1 N–H and O–H groups in total. The van der Waals surface area contributed by atoms with Crippen molar-refractivity contribution in [2.75, 3.05) is 0 Å². The fourth-order valence-corrected chi connectivity index (χ4v) is 3.49. The molecule has 3 heteroatoms. The lowest BCUT2D eigenvalue weighted by molar-refractivity contribution is -0.131. The zero-order chi connectivity index (χ0) is 21.5. The summed E-state index contributed by atoms with van der Waals surface area (Å²) in [6.07, 6.45) is 2.79. The summed E-state index contributed by atoms with van der Waals surface area (Å²) in [4.78, 5) is 11.0. The Bertz CT molecular complexity index is 1210. The highest BCUT2D eigenvalue weighted by molar-refractivity contribution is 5.88. The molecule has 0 spiro atoms. The summed E-state index contributed by atoms with van der Waals surface area (Å²) in [6, 6.07) is 34.1. The third-order valence-corrected chi connectivity index (χ3v) is 4.98. The molecule has 4 aromatic carbocycles. The van der Waals surface area contributed by atoms with Gasteiger partial charge in [0.1, 0.15) is 12.4 Å².